The van der Waals surface area contributed by atoms with Gasteiger partial charge in [-0.15, -0.1) is 0 Å². The highest BCUT2D eigenvalue weighted by Crippen LogP contribution is 2.14. The fourth-order valence-corrected chi connectivity index (χ4v) is 2.12. The van der Waals surface area contributed by atoms with E-state index in [4.69, 9.17) is 0 Å². The third-order valence-corrected chi connectivity index (χ3v) is 2.99. The monoisotopic (exact) mass is 237 g/mol. The molecular weight excluding hydrogens is 213 g/mol. The molecule has 0 spiro atoms. The molecule has 0 heterocycles. The van der Waals surface area contributed by atoms with Crippen LogP contribution in [0.5, 0.6) is 0 Å². The minimum atomic E-state index is -0.148. The molecule has 0 aromatic heterocycles. The molecule has 17 heavy (non-hydrogen) atoms. The van der Waals surface area contributed by atoms with Gasteiger partial charge in [-0.25, -0.2) is 4.39 Å². The van der Waals surface area contributed by atoms with Crippen LogP contribution >= 0.6 is 0 Å². The van der Waals surface area contributed by atoms with E-state index in [2.05, 4.69) is 19.2 Å². The van der Waals surface area contributed by atoms with Gasteiger partial charge in [0.15, 0.2) is 0 Å². The van der Waals surface area contributed by atoms with Crippen LogP contribution in [0, 0.1) is 11.7 Å². The number of hydrogen-bond donors (Lipinski definition) is 1. The first-order valence-electron chi connectivity index (χ1n) is 6.71. The summed E-state index contributed by atoms with van der Waals surface area (Å²) in [4.78, 5) is 0. The highest BCUT2D eigenvalue weighted by molar-refractivity contribution is 5.16. The van der Waals surface area contributed by atoms with E-state index < -0.39 is 0 Å². The smallest absolute Gasteiger partial charge is 0.123 e. The average molecular weight is 237 g/mol. The minimum Gasteiger partial charge on any atom is -0.316 e. The largest absolute Gasteiger partial charge is 0.316 e. The second-order valence-electron chi connectivity index (χ2n) is 4.69. The molecule has 96 valence electrons. The van der Waals surface area contributed by atoms with Crippen LogP contribution in [-0.2, 0) is 6.42 Å². The Bertz CT molecular complexity index is 294. The molecule has 0 aliphatic heterocycles. The van der Waals surface area contributed by atoms with Crippen LogP contribution in [0.4, 0.5) is 4.39 Å². The maximum Gasteiger partial charge on any atom is 0.123 e. The quantitative estimate of drug-likeness (QED) is 0.678. The van der Waals surface area contributed by atoms with Gasteiger partial charge in [0.2, 0.25) is 0 Å². The summed E-state index contributed by atoms with van der Waals surface area (Å²) in [6.45, 7) is 6.56. The van der Waals surface area contributed by atoms with Crippen molar-refractivity contribution >= 4 is 0 Å². The second kappa shape index (κ2) is 8.24. The zero-order chi connectivity index (χ0) is 12.5. The Morgan fingerprint density at radius 1 is 1.12 bits per heavy atom. The van der Waals surface area contributed by atoms with E-state index in [-0.39, 0.29) is 5.82 Å². The molecule has 0 fully saturated rings. The molecule has 1 aromatic carbocycles. The predicted molar refractivity (Wildman–Crippen MR) is 71.7 cm³/mol. The van der Waals surface area contributed by atoms with E-state index in [1.165, 1.54) is 24.8 Å². The Kier molecular flexibility index (Phi) is 6.87. The van der Waals surface area contributed by atoms with Gasteiger partial charge in [-0.2, -0.15) is 0 Å². The Hall–Kier alpha value is -0.890. The van der Waals surface area contributed by atoms with Crippen molar-refractivity contribution in [1.29, 1.82) is 0 Å². The number of rotatable bonds is 8. The molecule has 1 rings (SSSR count). The van der Waals surface area contributed by atoms with Gasteiger partial charge in [-0.05, 0) is 56.0 Å². The topological polar surface area (TPSA) is 12.0 Å². The number of benzene rings is 1. The van der Waals surface area contributed by atoms with Crippen LogP contribution in [0.25, 0.3) is 0 Å². The zero-order valence-corrected chi connectivity index (χ0v) is 11.0. The van der Waals surface area contributed by atoms with Crippen molar-refractivity contribution in [3.63, 3.8) is 0 Å². The van der Waals surface area contributed by atoms with Crippen LogP contribution in [0.15, 0.2) is 24.3 Å². The predicted octanol–water partition coefficient (Wildman–Crippen LogP) is 3.78. The van der Waals surface area contributed by atoms with Crippen LogP contribution < -0.4 is 5.32 Å². The SMILES string of the molecule is CCCNCC(CCC)Cc1ccc(F)cc1. The average Bonchev–Trinajstić information content (AvgIpc) is 2.32. The molecule has 1 aromatic rings. The molecule has 1 nitrogen and oxygen atoms in total. The van der Waals surface area contributed by atoms with Crippen molar-refractivity contribution in [2.75, 3.05) is 13.1 Å². The van der Waals surface area contributed by atoms with E-state index in [1.54, 1.807) is 12.1 Å². The van der Waals surface area contributed by atoms with Crippen molar-refractivity contribution in [2.45, 2.75) is 39.5 Å². The van der Waals surface area contributed by atoms with Crippen molar-refractivity contribution in [3.05, 3.63) is 35.6 Å². The standard InChI is InChI=1S/C15H24FN/c1-3-5-14(12-17-10-4-2)11-13-6-8-15(16)9-7-13/h6-9,14,17H,3-5,10-12H2,1-2H3. The fourth-order valence-electron chi connectivity index (χ4n) is 2.12. The minimum absolute atomic E-state index is 0.148. The lowest BCUT2D eigenvalue weighted by atomic mass is 9.95. The van der Waals surface area contributed by atoms with Crippen LogP contribution in [0.2, 0.25) is 0 Å². The molecule has 1 unspecified atom stereocenters. The van der Waals surface area contributed by atoms with Crippen LogP contribution in [0.1, 0.15) is 38.7 Å². The van der Waals surface area contributed by atoms with Crippen LogP contribution in [0.3, 0.4) is 0 Å². The lowest BCUT2D eigenvalue weighted by Gasteiger charge is -2.16. The number of halogens is 1. The molecular formula is C15H24FN. The highest BCUT2D eigenvalue weighted by atomic mass is 19.1. The molecule has 0 aliphatic rings. The summed E-state index contributed by atoms with van der Waals surface area (Å²) in [5.41, 5.74) is 1.24. The van der Waals surface area contributed by atoms with E-state index >= 15 is 0 Å². The third-order valence-electron chi connectivity index (χ3n) is 2.99. The zero-order valence-electron chi connectivity index (χ0n) is 11.0. The second-order valence-corrected chi connectivity index (χ2v) is 4.69. The van der Waals surface area contributed by atoms with Gasteiger partial charge < -0.3 is 5.32 Å². The number of nitrogens with one attached hydrogen (secondary N) is 1. The van der Waals surface area contributed by atoms with E-state index in [0.29, 0.717) is 5.92 Å². The summed E-state index contributed by atoms with van der Waals surface area (Å²) in [5, 5.41) is 3.48. The Balaban J connectivity index is 2.44. The first-order chi connectivity index (χ1) is 8.26. The van der Waals surface area contributed by atoms with Gasteiger partial charge >= 0.3 is 0 Å². The molecule has 0 aliphatic carbocycles. The van der Waals surface area contributed by atoms with Crippen molar-refractivity contribution in [2.24, 2.45) is 5.92 Å². The summed E-state index contributed by atoms with van der Waals surface area (Å²) in [5.74, 6) is 0.516. The van der Waals surface area contributed by atoms with E-state index in [1.807, 2.05) is 12.1 Å². The summed E-state index contributed by atoms with van der Waals surface area (Å²) in [7, 11) is 0. The summed E-state index contributed by atoms with van der Waals surface area (Å²) >= 11 is 0. The maximum absolute atomic E-state index is 12.8. The molecule has 2 heteroatoms. The molecule has 1 N–H and O–H groups in total. The van der Waals surface area contributed by atoms with Gasteiger partial charge in [0.25, 0.3) is 0 Å². The maximum atomic E-state index is 12.8. The third kappa shape index (κ3) is 5.83. The Morgan fingerprint density at radius 2 is 1.82 bits per heavy atom. The van der Waals surface area contributed by atoms with Gasteiger partial charge in [-0.3, -0.25) is 0 Å². The molecule has 0 bridgehead atoms. The Labute approximate surface area is 104 Å². The molecule has 0 amide bonds. The lowest BCUT2D eigenvalue weighted by Crippen LogP contribution is -2.25. The van der Waals surface area contributed by atoms with Gasteiger partial charge in [0, 0.05) is 0 Å². The summed E-state index contributed by atoms with van der Waals surface area (Å²) < 4.78 is 12.8. The summed E-state index contributed by atoms with van der Waals surface area (Å²) in [6, 6.07) is 6.91. The molecule has 0 radical (unpaired) electrons. The molecule has 0 saturated carbocycles. The first-order valence-corrected chi connectivity index (χ1v) is 6.71. The van der Waals surface area contributed by atoms with Crippen molar-refractivity contribution in [3.8, 4) is 0 Å². The first kappa shape index (κ1) is 14.2. The fraction of sp³-hybridized carbons (Fsp3) is 0.600. The summed E-state index contributed by atoms with van der Waals surface area (Å²) in [6.07, 6.45) is 4.66. The van der Waals surface area contributed by atoms with Gasteiger partial charge in [0.1, 0.15) is 5.82 Å². The molecule has 1 atom stereocenters. The molecule has 0 saturated heterocycles. The number of hydrogen-bond acceptors (Lipinski definition) is 1. The van der Waals surface area contributed by atoms with Crippen molar-refractivity contribution in [1.82, 2.24) is 5.32 Å². The van der Waals surface area contributed by atoms with Crippen molar-refractivity contribution < 1.29 is 4.39 Å². The van der Waals surface area contributed by atoms with Gasteiger partial charge in [0.05, 0.1) is 0 Å². The highest BCUT2D eigenvalue weighted by Gasteiger charge is 2.08. The van der Waals surface area contributed by atoms with E-state index in [0.717, 1.165) is 19.5 Å². The van der Waals surface area contributed by atoms with E-state index in [9.17, 15) is 4.39 Å². The lowest BCUT2D eigenvalue weighted by molar-refractivity contribution is 0.439. The van der Waals surface area contributed by atoms with Gasteiger partial charge in [-0.1, -0.05) is 32.4 Å². The Morgan fingerprint density at radius 3 is 2.41 bits per heavy atom. The van der Waals surface area contributed by atoms with Crippen LogP contribution in [-0.4, -0.2) is 13.1 Å². The normalized spacial score (nSPS) is 12.6.